The molecule has 2 aromatic rings. The van der Waals surface area contributed by atoms with Crippen LogP contribution in [0.5, 0.6) is 0 Å². The first kappa shape index (κ1) is 18.1. The average Bonchev–Trinajstić information content (AvgIpc) is 2.89. The topological polar surface area (TPSA) is 69.9 Å². The first-order chi connectivity index (χ1) is 11.4. The summed E-state index contributed by atoms with van der Waals surface area (Å²) < 4.78 is 6.40. The van der Waals surface area contributed by atoms with Crippen molar-refractivity contribution in [3.63, 3.8) is 0 Å². The quantitative estimate of drug-likeness (QED) is 0.584. The Morgan fingerprint density at radius 1 is 1.29 bits per heavy atom. The van der Waals surface area contributed by atoms with Gasteiger partial charge in [-0.15, -0.1) is 0 Å². The Hall–Kier alpha value is -2.28. The molecular weight excluding hydrogens is 372 g/mol. The van der Waals surface area contributed by atoms with Gasteiger partial charge in [0.2, 0.25) is 5.88 Å². The van der Waals surface area contributed by atoms with Crippen LogP contribution in [0.1, 0.15) is 16.9 Å². The number of hydrogen-bond acceptors (Lipinski definition) is 5. The van der Waals surface area contributed by atoms with E-state index in [1.807, 2.05) is 44.1 Å². The predicted octanol–water partition coefficient (Wildman–Crippen LogP) is 3.29. The highest BCUT2D eigenvalue weighted by Gasteiger charge is 2.09. The van der Waals surface area contributed by atoms with Crippen molar-refractivity contribution < 1.29 is 9.21 Å². The summed E-state index contributed by atoms with van der Waals surface area (Å²) in [7, 11) is 3.76. The van der Waals surface area contributed by atoms with Gasteiger partial charge in [-0.1, -0.05) is 6.07 Å². The zero-order valence-corrected chi connectivity index (χ0v) is 15.8. The van der Waals surface area contributed by atoms with Crippen LogP contribution in [0, 0.1) is 13.8 Å². The third kappa shape index (κ3) is 4.86. The summed E-state index contributed by atoms with van der Waals surface area (Å²) in [5.74, 6) is 1.01. The summed E-state index contributed by atoms with van der Waals surface area (Å²) >= 11 is 3.41. The van der Waals surface area contributed by atoms with Gasteiger partial charge in [-0.05, 0) is 53.0 Å². The van der Waals surface area contributed by atoms with Crippen LogP contribution in [-0.4, -0.2) is 32.8 Å². The van der Waals surface area contributed by atoms with Crippen LogP contribution in [-0.2, 0) is 4.79 Å². The summed E-state index contributed by atoms with van der Waals surface area (Å²) in [6.07, 6.45) is 1.46. The molecule has 1 aromatic carbocycles. The zero-order valence-electron chi connectivity index (χ0n) is 14.2. The van der Waals surface area contributed by atoms with Crippen molar-refractivity contribution >= 4 is 39.6 Å². The van der Waals surface area contributed by atoms with Gasteiger partial charge in [-0.25, -0.2) is 5.43 Å². The molecule has 0 saturated heterocycles. The van der Waals surface area contributed by atoms with E-state index in [2.05, 4.69) is 38.7 Å². The number of carbonyl (C=O) groups is 1. The normalized spacial score (nSPS) is 10.9. The number of nitrogens with one attached hydrogen (secondary N) is 2. The monoisotopic (exact) mass is 392 g/mol. The van der Waals surface area contributed by atoms with E-state index in [1.165, 1.54) is 17.3 Å². The van der Waals surface area contributed by atoms with Crippen molar-refractivity contribution in [3.8, 4) is 0 Å². The van der Waals surface area contributed by atoms with E-state index >= 15 is 0 Å². The zero-order chi connectivity index (χ0) is 17.7. The molecule has 2 rings (SSSR count). The molecule has 7 heteroatoms. The minimum Gasteiger partial charge on any atom is -0.438 e. The van der Waals surface area contributed by atoms with Gasteiger partial charge >= 0.3 is 0 Å². The molecule has 0 aliphatic rings. The van der Waals surface area contributed by atoms with Gasteiger partial charge < -0.3 is 14.6 Å². The molecule has 0 unspecified atom stereocenters. The Morgan fingerprint density at radius 3 is 2.67 bits per heavy atom. The van der Waals surface area contributed by atoms with Crippen LogP contribution in [0.15, 0.2) is 38.3 Å². The number of rotatable bonds is 6. The Labute approximate surface area is 150 Å². The molecule has 1 heterocycles. The third-order valence-electron chi connectivity index (χ3n) is 3.44. The summed E-state index contributed by atoms with van der Waals surface area (Å²) in [5.41, 5.74) is 5.77. The number of halogens is 1. The van der Waals surface area contributed by atoms with Crippen LogP contribution in [0.3, 0.4) is 0 Å². The van der Waals surface area contributed by atoms with E-state index < -0.39 is 0 Å². The second-order valence-electron chi connectivity index (χ2n) is 5.64. The number of anilines is 2. The molecule has 1 aromatic heterocycles. The minimum atomic E-state index is -0.233. The molecule has 6 nitrogen and oxygen atoms in total. The third-order valence-corrected chi connectivity index (χ3v) is 4.00. The van der Waals surface area contributed by atoms with Gasteiger partial charge in [0.15, 0.2) is 5.76 Å². The van der Waals surface area contributed by atoms with E-state index in [4.69, 9.17) is 4.42 Å². The molecule has 2 N–H and O–H groups in total. The van der Waals surface area contributed by atoms with Crippen molar-refractivity contribution in [1.29, 1.82) is 0 Å². The maximum Gasteiger partial charge on any atom is 0.259 e. The molecular formula is C17H21BrN4O2. The first-order valence-electron chi connectivity index (χ1n) is 7.46. The largest absolute Gasteiger partial charge is 0.438 e. The molecule has 1 amide bonds. The fourth-order valence-corrected chi connectivity index (χ4v) is 2.65. The average molecular weight is 393 g/mol. The van der Waals surface area contributed by atoms with Crippen molar-refractivity contribution in [2.75, 3.05) is 30.9 Å². The van der Waals surface area contributed by atoms with Crippen LogP contribution in [0.2, 0.25) is 0 Å². The summed E-state index contributed by atoms with van der Waals surface area (Å²) in [6, 6.07) is 7.76. The lowest BCUT2D eigenvalue weighted by molar-refractivity contribution is -0.119. The predicted molar refractivity (Wildman–Crippen MR) is 101 cm³/mol. The number of hydrogen-bond donors (Lipinski definition) is 2. The van der Waals surface area contributed by atoms with Gasteiger partial charge in [0, 0.05) is 25.8 Å². The highest BCUT2D eigenvalue weighted by atomic mass is 79.9. The molecule has 0 bridgehead atoms. The highest BCUT2D eigenvalue weighted by molar-refractivity contribution is 9.10. The Balaban J connectivity index is 1.84. The molecule has 24 heavy (non-hydrogen) atoms. The number of benzene rings is 1. The minimum absolute atomic E-state index is 0.143. The molecule has 128 valence electrons. The maximum atomic E-state index is 11.8. The van der Waals surface area contributed by atoms with Gasteiger partial charge in [0.1, 0.15) is 0 Å². The Kier molecular flexibility index (Phi) is 6.03. The summed E-state index contributed by atoms with van der Waals surface area (Å²) in [5, 5.41) is 6.97. The van der Waals surface area contributed by atoms with Gasteiger partial charge in [-0.3, -0.25) is 4.79 Å². The van der Waals surface area contributed by atoms with Crippen molar-refractivity contribution in [1.82, 2.24) is 5.43 Å². The van der Waals surface area contributed by atoms with E-state index in [0.717, 1.165) is 10.2 Å². The van der Waals surface area contributed by atoms with Crippen LogP contribution < -0.4 is 15.6 Å². The number of furan rings is 1. The second kappa shape index (κ2) is 8.01. The lowest BCUT2D eigenvalue weighted by Crippen LogP contribution is -2.25. The van der Waals surface area contributed by atoms with Gasteiger partial charge in [-0.2, -0.15) is 5.10 Å². The summed E-state index contributed by atoms with van der Waals surface area (Å²) in [4.78, 5) is 13.6. The molecule has 0 aliphatic carbocycles. The van der Waals surface area contributed by atoms with Crippen LogP contribution in [0.25, 0.3) is 0 Å². The Bertz CT molecular complexity index is 753. The van der Waals surface area contributed by atoms with E-state index in [1.54, 1.807) is 6.07 Å². The smallest absolute Gasteiger partial charge is 0.259 e. The highest BCUT2D eigenvalue weighted by Crippen LogP contribution is 2.27. The molecule has 0 spiro atoms. The van der Waals surface area contributed by atoms with E-state index in [-0.39, 0.29) is 12.5 Å². The van der Waals surface area contributed by atoms with Crippen LogP contribution in [0.4, 0.5) is 11.6 Å². The standard InChI is InChI=1S/C17H21BrN4O2/c1-11-5-6-13(7-12(11)2)19-10-16(23)21-20-9-14-8-15(18)17(24-14)22(3)4/h5-9,19H,10H2,1-4H3,(H,21,23)/b20-9+. The van der Waals surface area contributed by atoms with Crippen LogP contribution >= 0.6 is 15.9 Å². The number of nitrogens with zero attached hydrogens (tertiary/aromatic N) is 2. The van der Waals surface area contributed by atoms with Crippen molar-refractivity contribution in [2.45, 2.75) is 13.8 Å². The number of hydrazone groups is 1. The lowest BCUT2D eigenvalue weighted by Gasteiger charge is -2.07. The van der Waals surface area contributed by atoms with Crippen molar-refractivity contribution in [2.24, 2.45) is 5.10 Å². The molecule has 0 fully saturated rings. The molecule has 0 atom stereocenters. The molecule has 0 saturated carbocycles. The Morgan fingerprint density at radius 2 is 2.04 bits per heavy atom. The van der Waals surface area contributed by atoms with Crippen molar-refractivity contribution in [3.05, 3.63) is 45.6 Å². The first-order valence-corrected chi connectivity index (χ1v) is 8.26. The number of amides is 1. The second-order valence-corrected chi connectivity index (χ2v) is 6.50. The van der Waals surface area contributed by atoms with Gasteiger partial charge in [0.05, 0.1) is 17.2 Å². The van der Waals surface area contributed by atoms with E-state index in [9.17, 15) is 4.79 Å². The SMILES string of the molecule is Cc1ccc(NCC(=O)N/N=C/c2cc(Br)c(N(C)C)o2)cc1C. The lowest BCUT2D eigenvalue weighted by atomic mass is 10.1. The van der Waals surface area contributed by atoms with E-state index in [0.29, 0.717) is 11.6 Å². The molecule has 0 aliphatic heterocycles. The number of aryl methyl sites for hydroxylation is 2. The fourth-order valence-electron chi connectivity index (χ4n) is 1.99. The molecule has 0 radical (unpaired) electrons. The summed E-state index contributed by atoms with van der Waals surface area (Å²) in [6.45, 7) is 4.23. The number of carbonyl (C=O) groups excluding carboxylic acids is 1. The fraction of sp³-hybridized carbons (Fsp3) is 0.294. The van der Waals surface area contributed by atoms with Gasteiger partial charge in [0.25, 0.3) is 5.91 Å². The maximum absolute atomic E-state index is 11.8.